The smallest absolute Gasteiger partial charge is 0.263 e. The van der Waals surface area contributed by atoms with Crippen molar-refractivity contribution in [2.24, 2.45) is 5.92 Å². The summed E-state index contributed by atoms with van der Waals surface area (Å²) < 4.78 is 38.2. The van der Waals surface area contributed by atoms with E-state index in [9.17, 15) is 13.6 Å². The number of aromatic nitrogens is 2. The highest BCUT2D eigenvalue weighted by molar-refractivity contribution is 5.92. The molecule has 1 fully saturated rings. The topological polar surface area (TPSA) is 76.6 Å². The first-order valence-corrected chi connectivity index (χ1v) is 10.2. The Labute approximate surface area is 184 Å². The molecule has 1 saturated heterocycles. The van der Waals surface area contributed by atoms with E-state index in [0.29, 0.717) is 43.4 Å². The SMILES string of the molecule is COc1ccc(Oc2nccnc2N2CCC(C(=O)Nc3cc(F)ccc3F)CC2)cc1. The number of benzene rings is 2. The van der Waals surface area contributed by atoms with Crippen LogP contribution in [-0.2, 0) is 4.79 Å². The van der Waals surface area contributed by atoms with Gasteiger partial charge in [-0.05, 0) is 49.2 Å². The van der Waals surface area contributed by atoms with Crippen molar-refractivity contribution in [3.8, 4) is 17.4 Å². The molecule has 1 aromatic heterocycles. The molecule has 9 heteroatoms. The minimum absolute atomic E-state index is 0.151. The number of carbonyl (C=O) groups excluding carboxylic acids is 1. The molecule has 1 amide bonds. The summed E-state index contributed by atoms with van der Waals surface area (Å²) in [7, 11) is 1.59. The molecule has 1 N–H and O–H groups in total. The third kappa shape index (κ3) is 4.93. The van der Waals surface area contributed by atoms with Crippen molar-refractivity contribution in [3.63, 3.8) is 0 Å². The van der Waals surface area contributed by atoms with Gasteiger partial charge in [-0.15, -0.1) is 0 Å². The van der Waals surface area contributed by atoms with Crippen molar-refractivity contribution in [1.29, 1.82) is 0 Å². The molecule has 4 rings (SSSR count). The lowest BCUT2D eigenvalue weighted by Gasteiger charge is -2.32. The summed E-state index contributed by atoms with van der Waals surface area (Å²) in [6.07, 6.45) is 4.19. The van der Waals surface area contributed by atoms with Crippen molar-refractivity contribution < 1.29 is 23.0 Å². The first-order chi connectivity index (χ1) is 15.5. The molecular weight excluding hydrogens is 418 g/mol. The first-order valence-electron chi connectivity index (χ1n) is 10.2. The van der Waals surface area contributed by atoms with E-state index >= 15 is 0 Å². The van der Waals surface area contributed by atoms with Crippen LogP contribution in [0.25, 0.3) is 0 Å². The number of nitrogens with zero attached hydrogens (tertiary/aromatic N) is 3. The number of amides is 1. The molecule has 0 saturated carbocycles. The van der Waals surface area contributed by atoms with Crippen LogP contribution in [0, 0.1) is 17.6 Å². The molecular formula is C23H22F2N4O3. The van der Waals surface area contributed by atoms with Crippen LogP contribution >= 0.6 is 0 Å². The van der Waals surface area contributed by atoms with Crippen molar-refractivity contribution in [2.45, 2.75) is 12.8 Å². The number of nitrogens with one attached hydrogen (secondary N) is 1. The van der Waals surface area contributed by atoms with E-state index in [0.717, 1.165) is 23.9 Å². The Hall–Kier alpha value is -3.75. The highest BCUT2D eigenvalue weighted by Crippen LogP contribution is 2.32. The largest absolute Gasteiger partial charge is 0.497 e. The van der Waals surface area contributed by atoms with Gasteiger partial charge >= 0.3 is 0 Å². The van der Waals surface area contributed by atoms with Gasteiger partial charge in [0.15, 0.2) is 5.82 Å². The van der Waals surface area contributed by atoms with Crippen LogP contribution < -0.4 is 19.7 Å². The summed E-state index contributed by atoms with van der Waals surface area (Å²) in [6.45, 7) is 1.09. The van der Waals surface area contributed by atoms with E-state index in [1.165, 1.54) is 0 Å². The third-order valence-corrected chi connectivity index (χ3v) is 5.27. The number of hydrogen-bond acceptors (Lipinski definition) is 6. The van der Waals surface area contributed by atoms with E-state index in [1.807, 2.05) is 4.90 Å². The van der Waals surface area contributed by atoms with Gasteiger partial charge in [0, 0.05) is 37.5 Å². The number of piperidine rings is 1. The summed E-state index contributed by atoms with van der Waals surface area (Å²) in [6, 6.07) is 10.1. The Balaban J connectivity index is 1.40. The Morgan fingerprint density at radius 3 is 2.44 bits per heavy atom. The average molecular weight is 440 g/mol. The summed E-state index contributed by atoms with van der Waals surface area (Å²) in [4.78, 5) is 23.3. The van der Waals surface area contributed by atoms with Crippen molar-refractivity contribution in [2.75, 3.05) is 30.4 Å². The third-order valence-electron chi connectivity index (χ3n) is 5.27. The Morgan fingerprint density at radius 2 is 1.72 bits per heavy atom. The van der Waals surface area contributed by atoms with Gasteiger partial charge in [-0.3, -0.25) is 4.79 Å². The van der Waals surface area contributed by atoms with E-state index < -0.39 is 11.6 Å². The van der Waals surface area contributed by atoms with E-state index in [4.69, 9.17) is 9.47 Å². The maximum absolute atomic E-state index is 13.8. The van der Waals surface area contributed by atoms with Crippen molar-refractivity contribution >= 4 is 17.4 Å². The molecule has 0 atom stereocenters. The molecule has 0 unspecified atom stereocenters. The second kappa shape index (κ2) is 9.59. The summed E-state index contributed by atoms with van der Waals surface area (Å²) in [5, 5.41) is 2.49. The van der Waals surface area contributed by atoms with Gasteiger partial charge in [0.25, 0.3) is 5.88 Å². The standard InChI is InChI=1S/C23H22F2N4O3/c1-31-17-3-5-18(6-4-17)32-23-21(26-10-11-27-23)29-12-8-15(9-13-29)22(30)28-20-14-16(24)2-7-19(20)25/h2-7,10-11,14-15H,8-9,12-13H2,1H3,(H,28,30). The number of halogens is 2. The predicted molar refractivity (Wildman–Crippen MR) is 115 cm³/mol. The van der Waals surface area contributed by atoms with Crippen LogP contribution in [0.3, 0.4) is 0 Å². The molecule has 0 radical (unpaired) electrons. The van der Waals surface area contributed by atoms with Crippen LogP contribution in [0.1, 0.15) is 12.8 Å². The van der Waals surface area contributed by atoms with Gasteiger partial charge in [-0.25, -0.2) is 18.7 Å². The molecule has 0 bridgehead atoms. The van der Waals surface area contributed by atoms with Gasteiger partial charge in [0.05, 0.1) is 12.8 Å². The highest BCUT2D eigenvalue weighted by atomic mass is 19.1. The second-order valence-electron chi connectivity index (χ2n) is 7.34. The van der Waals surface area contributed by atoms with Gasteiger partial charge in [0.1, 0.15) is 23.1 Å². The number of ether oxygens (including phenoxy) is 2. The molecule has 0 spiro atoms. The van der Waals surface area contributed by atoms with Crippen LogP contribution in [0.5, 0.6) is 17.4 Å². The average Bonchev–Trinajstić information content (AvgIpc) is 2.82. The van der Waals surface area contributed by atoms with Crippen LogP contribution in [0.4, 0.5) is 20.3 Å². The predicted octanol–water partition coefficient (Wildman–Crippen LogP) is 4.41. The Kier molecular flexibility index (Phi) is 6.44. The summed E-state index contributed by atoms with van der Waals surface area (Å²) in [5.41, 5.74) is -0.151. The fourth-order valence-electron chi connectivity index (χ4n) is 3.54. The van der Waals surface area contributed by atoms with Gasteiger partial charge < -0.3 is 19.7 Å². The lowest BCUT2D eigenvalue weighted by Crippen LogP contribution is -2.38. The summed E-state index contributed by atoms with van der Waals surface area (Å²) >= 11 is 0. The lowest BCUT2D eigenvalue weighted by atomic mass is 9.96. The molecule has 3 aromatic rings. The number of rotatable bonds is 6. The number of hydrogen-bond donors (Lipinski definition) is 1. The van der Waals surface area contributed by atoms with Gasteiger partial charge in [-0.1, -0.05) is 0 Å². The van der Waals surface area contributed by atoms with Crippen LogP contribution in [-0.4, -0.2) is 36.1 Å². The molecule has 0 aliphatic carbocycles. The Morgan fingerprint density at radius 1 is 1.03 bits per heavy atom. The van der Waals surface area contributed by atoms with Crippen molar-refractivity contribution in [3.05, 3.63) is 66.5 Å². The zero-order chi connectivity index (χ0) is 22.5. The maximum atomic E-state index is 13.8. The summed E-state index contributed by atoms with van der Waals surface area (Å²) in [5.74, 6) is 0.329. The normalized spacial score (nSPS) is 14.2. The molecule has 2 aromatic carbocycles. The Bertz CT molecular complexity index is 1090. The molecule has 7 nitrogen and oxygen atoms in total. The zero-order valence-electron chi connectivity index (χ0n) is 17.4. The molecule has 1 aliphatic heterocycles. The molecule has 166 valence electrons. The van der Waals surface area contributed by atoms with Gasteiger partial charge in [-0.2, -0.15) is 0 Å². The maximum Gasteiger partial charge on any atom is 0.263 e. The van der Waals surface area contributed by atoms with Gasteiger partial charge in [0.2, 0.25) is 5.91 Å². The fraction of sp³-hybridized carbons (Fsp3) is 0.261. The van der Waals surface area contributed by atoms with E-state index in [1.54, 1.807) is 43.8 Å². The number of methoxy groups -OCH3 is 1. The monoisotopic (exact) mass is 440 g/mol. The quantitative estimate of drug-likeness (QED) is 0.612. The second-order valence-corrected chi connectivity index (χ2v) is 7.34. The lowest BCUT2D eigenvalue weighted by molar-refractivity contribution is -0.120. The number of carbonyl (C=O) groups is 1. The molecule has 1 aliphatic rings. The molecule has 32 heavy (non-hydrogen) atoms. The van der Waals surface area contributed by atoms with E-state index in [-0.39, 0.29) is 17.5 Å². The minimum atomic E-state index is -0.669. The zero-order valence-corrected chi connectivity index (χ0v) is 17.4. The van der Waals surface area contributed by atoms with Crippen LogP contribution in [0.2, 0.25) is 0 Å². The van der Waals surface area contributed by atoms with E-state index in [2.05, 4.69) is 15.3 Å². The van der Waals surface area contributed by atoms with Crippen LogP contribution in [0.15, 0.2) is 54.9 Å². The first kappa shape index (κ1) is 21.5. The highest BCUT2D eigenvalue weighted by Gasteiger charge is 2.28. The molecule has 2 heterocycles. The minimum Gasteiger partial charge on any atom is -0.497 e. The fourth-order valence-corrected chi connectivity index (χ4v) is 3.54. The van der Waals surface area contributed by atoms with Crippen molar-refractivity contribution in [1.82, 2.24) is 9.97 Å². The number of anilines is 2.